The molecule has 0 saturated carbocycles. The Morgan fingerprint density at radius 2 is 2.06 bits per heavy atom. The second kappa shape index (κ2) is 4.38. The van der Waals surface area contributed by atoms with E-state index in [0.29, 0.717) is 17.1 Å². The lowest BCUT2D eigenvalue weighted by Gasteiger charge is -2.10. The molecule has 7 heteroatoms. The van der Waals surface area contributed by atoms with Gasteiger partial charge in [0.15, 0.2) is 0 Å². The van der Waals surface area contributed by atoms with Crippen molar-refractivity contribution >= 4 is 32.5 Å². The van der Waals surface area contributed by atoms with Crippen LogP contribution in [0.3, 0.4) is 0 Å². The van der Waals surface area contributed by atoms with Crippen molar-refractivity contribution < 1.29 is 8.42 Å². The van der Waals surface area contributed by atoms with Crippen LogP contribution in [0, 0.1) is 0 Å². The van der Waals surface area contributed by atoms with Gasteiger partial charge in [0.1, 0.15) is 4.90 Å². The highest BCUT2D eigenvalue weighted by molar-refractivity contribution is 7.89. The average molecular weight is 287 g/mol. The van der Waals surface area contributed by atoms with Crippen LogP contribution < -0.4 is 10.6 Å². The summed E-state index contributed by atoms with van der Waals surface area (Å²) in [6.45, 7) is 2.33. The number of pyridine rings is 1. The van der Waals surface area contributed by atoms with Crippen LogP contribution in [0.25, 0.3) is 10.9 Å². The van der Waals surface area contributed by atoms with Crippen molar-refractivity contribution in [3.8, 4) is 0 Å². The van der Waals surface area contributed by atoms with Crippen LogP contribution in [-0.2, 0) is 16.6 Å². The fourth-order valence-electron chi connectivity index (χ4n) is 1.80. The van der Waals surface area contributed by atoms with Crippen LogP contribution in [0.2, 0.25) is 5.02 Å². The summed E-state index contributed by atoms with van der Waals surface area (Å²) in [5.41, 5.74) is -0.0173. The summed E-state index contributed by atoms with van der Waals surface area (Å²) < 4.78 is 24.4. The molecule has 0 aliphatic heterocycles. The number of rotatable bonds is 2. The minimum Gasteiger partial charge on any atom is -0.346 e. The van der Waals surface area contributed by atoms with E-state index in [1.54, 1.807) is 10.6 Å². The quantitative estimate of drug-likeness (QED) is 0.904. The highest BCUT2D eigenvalue weighted by Gasteiger charge is 2.17. The number of hydrogen-bond acceptors (Lipinski definition) is 3. The van der Waals surface area contributed by atoms with Gasteiger partial charge in [-0.15, -0.1) is 0 Å². The molecule has 1 heterocycles. The lowest BCUT2D eigenvalue weighted by molar-refractivity contribution is 0.595. The molecule has 0 radical (unpaired) electrons. The summed E-state index contributed by atoms with van der Waals surface area (Å²) in [6, 6.07) is 4.66. The van der Waals surface area contributed by atoms with E-state index in [0.717, 1.165) is 0 Å². The van der Waals surface area contributed by atoms with Crippen LogP contribution in [0.15, 0.2) is 34.1 Å². The van der Waals surface area contributed by atoms with Crippen molar-refractivity contribution in [2.45, 2.75) is 18.4 Å². The number of benzene rings is 1. The Hall–Kier alpha value is -1.37. The molecular formula is C11H11ClN2O3S. The zero-order chi connectivity index (χ0) is 13.5. The van der Waals surface area contributed by atoms with Gasteiger partial charge in [0.2, 0.25) is 15.5 Å². The topological polar surface area (TPSA) is 82.2 Å². The van der Waals surface area contributed by atoms with Gasteiger partial charge in [0.25, 0.3) is 0 Å². The van der Waals surface area contributed by atoms with E-state index in [-0.39, 0.29) is 5.39 Å². The van der Waals surface area contributed by atoms with E-state index >= 15 is 0 Å². The highest BCUT2D eigenvalue weighted by atomic mass is 35.5. The molecule has 2 aromatic rings. The molecule has 0 aliphatic carbocycles. The second-order valence-corrected chi connectivity index (χ2v) is 5.78. The van der Waals surface area contributed by atoms with Gasteiger partial charge in [0, 0.05) is 23.2 Å². The molecule has 1 aromatic carbocycles. The summed E-state index contributed by atoms with van der Waals surface area (Å²) in [6.07, 6.45) is 1.25. The second-order valence-electron chi connectivity index (χ2n) is 3.81. The predicted molar refractivity (Wildman–Crippen MR) is 70.3 cm³/mol. The van der Waals surface area contributed by atoms with Gasteiger partial charge in [-0.1, -0.05) is 11.6 Å². The zero-order valence-electron chi connectivity index (χ0n) is 9.55. The maximum atomic E-state index is 12.0. The Kier molecular flexibility index (Phi) is 3.18. The number of fused-ring (bicyclic) bond motifs is 1. The maximum absolute atomic E-state index is 12.0. The first-order chi connectivity index (χ1) is 8.34. The molecule has 18 heavy (non-hydrogen) atoms. The summed E-state index contributed by atoms with van der Waals surface area (Å²) in [5, 5.41) is 5.80. The molecule has 5 nitrogen and oxygen atoms in total. The summed E-state index contributed by atoms with van der Waals surface area (Å²) in [5.74, 6) is 0. The summed E-state index contributed by atoms with van der Waals surface area (Å²) in [7, 11) is -4.03. The van der Waals surface area contributed by atoms with Crippen molar-refractivity contribution in [1.82, 2.24) is 4.57 Å². The normalized spacial score (nSPS) is 11.9. The van der Waals surface area contributed by atoms with E-state index in [4.69, 9.17) is 16.7 Å². The Morgan fingerprint density at radius 3 is 2.61 bits per heavy atom. The van der Waals surface area contributed by atoms with Crippen LogP contribution in [0.5, 0.6) is 0 Å². The van der Waals surface area contributed by atoms with Gasteiger partial charge in [0.05, 0.1) is 5.52 Å². The standard InChI is InChI=1S/C11H11ClN2O3S/c1-2-14-6-10(18(13,16)17)11(15)8-4-3-7(12)5-9(8)14/h3-6H,2H2,1H3,(H2,13,16,17). The van der Waals surface area contributed by atoms with Gasteiger partial charge >= 0.3 is 0 Å². The van der Waals surface area contributed by atoms with Crippen molar-refractivity contribution in [2.75, 3.05) is 0 Å². The Bertz CT molecular complexity index is 781. The molecule has 0 fully saturated rings. The number of halogens is 1. The highest BCUT2D eigenvalue weighted by Crippen LogP contribution is 2.18. The lowest BCUT2D eigenvalue weighted by Crippen LogP contribution is -2.23. The monoisotopic (exact) mass is 286 g/mol. The van der Waals surface area contributed by atoms with Gasteiger partial charge in [-0.25, -0.2) is 13.6 Å². The minimum absolute atomic E-state index is 0.285. The molecule has 2 N–H and O–H groups in total. The van der Waals surface area contributed by atoms with E-state index in [2.05, 4.69) is 0 Å². The molecular weight excluding hydrogens is 276 g/mol. The van der Waals surface area contributed by atoms with Crippen molar-refractivity contribution in [1.29, 1.82) is 0 Å². The number of aryl methyl sites for hydroxylation is 1. The van der Waals surface area contributed by atoms with Crippen LogP contribution in [-0.4, -0.2) is 13.0 Å². The van der Waals surface area contributed by atoms with E-state index in [1.807, 2.05) is 6.92 Å². The van der Waals surface area contributed by atoms with E-state index in [9.17, 15) is 13.2 Å². The predicted octanol–water partition coefficient (Wildman–Crippen LogP) is 1.32. The molecule has 0 atom stereocenters. The molecule has 1 aromatic heterocycles. The molecule has 96 valence electrons. The molecule has 0 bridgehead atoms. The van der Waals surface area contributed by atoms with Crippen LogP contribution >= 0.6 is 11.6 Å². The molecule has 0 spiro atoms. The molecule has 0 amide bonds. The molecule has 0 aliphatic rings. The third-order valence-corrected chi connectivity index (χ3v) is 3.80. The first-order valence-electron chi connectivity index (χ1n) is 5.20. The molecule has 0 unspecified atom stereocenters. The lowest BCUT2D eigenvalue weighted by atomic mass is 10.2. The Balaban J connectivity index is 3.01. The van der Waals surface area contributed by atoms with Crippen LogP contribution in [0.4, 0.5) is 0 Å². The first kappa shape index (κ1) is 13.1. The Labute approximate surface area is 109 Å². The van der Waals surface area contributed by atoms with Crippen LogP contribution in [0.1, 0.15) is 6.92 Å². The maximum Gasteiger partial charge on any atom is 0.243 e. The smallest absolute Gasteiger partial charge is 0.243 e. The Morgan fingerprint density at radius 1 is 1.39 bits per heavy atom. The van der Waals surface area contributed by atoms with E-state index < -0.39 is 20.3 Å². The number of hydrogen-bond donors (Lipinski definition) is 1. The molecule has 0 saturated heterocycles. The number of nitrogens with zero attached hydrogens (tertiary/aromatic N) is 1. The van der Waals surface area contributed by atoms with Crippen molar-refractivity contribution in [3.63, 3.8) is 0 Å². The number of aromatic nitrogens is 1. The third-order valence-electron chi connectivity index (χ3n) is 2.66. The largest absolute Gasteiger partial charge is 0.346 e. The van der Waals surface area contributed by atoms with Gasteiger partial charge in [-0.3, -0.25) is 4.79 Å². The minimum atomic E-state index is -4.03. The van der Waals surface area contributed by atoms with Gasteiger partial charge in [-0.2, -0.15) is 0 Å². The zero-order valence-corrected chi connectivity index (χ0v) is 11.1. The fraction of sp³-hybridized carbons (Fsp3) is 0.182. The van der Waals surface area contributed by atoms with Crippen molar-refractivity contribution in [2.24, 2.45) is 5.14 Å². The van der Waals surface area contributed by atoms with E-state index in [1.165, 1.54) is 18.3 Å². The average Bonchev–Trinajstić information content (AvgIpc) is 2.27. The number of nitrogens with two attached hydrogens (primary N) is 1. The number of primary sulfonamides is 1. The SMILES string of the molecule is CCn1cc(S(N)(=O)=O)c(=O)c2ccc(Cl)cc21. The summed E-state index contributed by atoms with van der Waals surface area (Å²) in [4.78, 5) is 11.6. The van der Waals surface area contributed by atoms with Crippen molar-refractivity contribution in [3.05, 3.63) is 39.6 Å². The van der Waals surface area contributed by atoms with Gasteiger partial charge < -0.3 is 4.57 Å². The molecule has 2 rings (SSSR count). The summed E-state index contributed by atoms with van der Waals surface area (Å²) >= 11 is 5.87. The fourth-order valence-corrected chi connectivity index (χ4v) is 2.61. The number of sulfonamides is 1. The third kappa shape index (κ3) is 2.14. The van der Waals surface area contributed by atoms with Gasteiger partial charge in [-0.05, 0) is 25.1 Å². The first-order valence-corrected chi connectivity index (χ1v) is 7.12.